The molecular weight excluding hydrogens is 400 g/mol. The molecule has 2 amide bonds. The fourth-order valence-electron chi connectivity index (χ4n) is 5.55. The van der Waals surface area contributed by atoms with Gasteiger partial charge in [0.25, 0.3) is 5.91 Å². The zero-order valence-electron chi connectivity index (χ0n) is 18.9. The number of aromatic nitrogens is 2. The molecule has 6 nitrogen and oxygen atoms in total. The van der Waals surface area contributed by atoms with Crippen molar-refractivity contribution in [2.45, 2.75) is 70.8 Å². The molecule has 0 radical (unpaired) electrons. The number of amides is 2. The number of carbonyl (C=O) groups excluding carboxylic acids is 2. The number of carbonyl (C=O) groups is 2. The summed E-state index contributed by atoms with van der Waals surface area (Å²) >= 11 is 0. The minimum absolute atomic E-state index is 0.0344. The second-order valence-corrected chi connectivity index (χ2v) is 9.53. The average Bonchev–Trinajstić information content (AvgIpc) is 3.15. The number of fused-ring (bicyclic) bond motifs is 1. The fraction of sp³-hybridized carbons (Fsp3) is 0.538. The van der Waals surface area contributed by atoms with Gasteiger partial charge in [-0.15, -0.1) is 0 Å². The van der Waals surface area contributed by atoms with Crippen LogP contribution in [0.5, 0.6) is 0 Å². The molecule has 1 aliphatic carbocycles. The predicted octanol–water partition coefficient (Wildman–Crippen LogP) is 4.62. The molecule has 1 atom stereocenters. The Labute approximate surface area is 190 Å². The first-order valence-corrected chi connectivity index (χ1v) is 12.2. The molecule has 2 aromatic rings. The minimum atomic E-state index is -0.146. The highest BCUT2D eigenvalue weighted by Gasteiger charge is 2.36. The van der Waals surface area contributed by atoms with Gasteiger partial charge in [-0.05, 0) is 57.1 Å². The number of rotatable bonds is 4. The maximum absolute atomic E-state index is 13.3. The first-order chi connectivity index (χ1) is 15.6. The van der Waals surface area contributed by atoms with Gasteiger partial charge < -0.3 is 4.90 Å². The summed E-state index contributed by atoms with van der Waals surface area (Å²) in [4.78, 5) is 39.8. The van der Waals surface area contributed by atoms with Gasteiger partial charge in [0.05, 0.1) is 12.5 Å². The number of anilines is 1. The molecule has 3 heterocycles. The third kappa shape index (κ3) is 4.03. The molecule has 1 saturated heterocycles. The Hall–Kier alpha value is -2.76. The van der Waals surface area contributed by atoms with Crippen LogP contribution >= 0.6 is 0 Å². The van der Waals surface area contributed by atoms with Gasteiger partial charge in [-0.1, -0.05) is 37.5 Å². The summed E-state index contributed by atoms with van der Waals surface area (Å²) < 4.78 is 0. The summed E-state index contributed by atoms with van der Waals surface area (Å²) in [6.45, 7) is 3.45. The lowest BCUT2D eigenvalue weighted by Crippen LogP contribution is -2.39. The molecule has 1 saturated carbocycles. The second-order valence-electron chi connectivity index (χ2n) is 9.53. The highest BCUT2D eigenvalue weighted by atomic mass is 16.2. The molecule has 0 unspecified atom stereocenters. The van der Waals surface area contributed by atoms with E-state index in [1.54, 1.807) is 0 Å². The molecule has 5 rings (SSSR count). The summed E-state index contributed by atoms with van der Waals surface area (Å²) in [7, 11) is 0. The van der Waals surface area contributed by atoms with E-state index in [0.717, 1.165) is 42.9 Å². The van der Waals surface area contributed by atoms with Crippen molar-refractivity contribution >= 4 is 17.6 Å². The van der Waals surface area contributed by atoms with Gasteiger partial charge in [0.15, 0.2) is 5.82 Å². The molecule has 168 valence electrons. The van der Waals surface area contributed by atoms with E-state index >= 15 is 0 Å². The van der Waals surface area contributed by atoms with E-state index in [1.165, 1.54) is 32.1 Å². The van der Waals surface area contributed by atoms with Crippen molar-refractivity contribution < 1.29 is 9.59 Å². The third-order valence-corrected chi connectivity index (χ3v) is 7.34. The van der Waals surface area contributed by atoms with E-state index in [1.807, 2.05) is 47.1 Å². The Bertz CT molecular complexity index is 1000. The summed E-state index contributed by atoms with van der Waals surface area (Å²) in [6, 6.07) is 9.32. The van der Waals surface area contributed by atoms with Crippen LogP contribution in [0.4, 0.5) is 5.82 Å². The summed E-state index contributed by atoms with van der Waals surface area (Å²) in [5, 5.41) is 0. The molecule has 32 heavy (non-hydrogen) atoms. The van der Waals surface area contributed by atoms with E-state index in [9.17, 15) is 9.59 Å². The SMILES string of the molecule is Cc1nc([C@H]2CCCCN2C(=O)c2ccccc2)nc2c1CC(=O)N2CC1CCCCC1. The van der Waals surface area contributed by atoms with Crippen LogP contribution in [0, 0.1) is 12.8 Å². The predicted molar refractivity (Wildman–Crippen MR) is 123 cm³/mol. The molecule has 1 aromatic carbocycles. The molecule has 0 bridgehead atoms. The number of nitrogens with zero attached hydrogens (tertiary/aromatic N) is 4. The van der Waals surface area contributed by atoms with E-state index in [4.69, 9.17) is 9.97 Å². The number of hydrogen-bond donors (Lipinski definition) is 0. The van der Waals surface area contributed by atoms with Crippen molar-refractivity contribution in [3.05, 3.63) is 53.0 Å². The molecule has 1 aromatic heterocycles. The van der Waals surface area contributed by atoms with Gasteiger partial charge in [0, 0.05) is 29.9 Å². The van der Waals surface area contributed by atoms with E-state index in [-0.39, 0.29) is 17.9 Å². The Balaban J connectivity index is 1.45. The fourth-order valence-corrected chi connectivity index (χ4v) is 5.55. The van der Waals surface area contributed by atoms with Gasteiger partial charge in [-0.2, -0.15) is 0 Å². The first-order valence-electron chi connectivity index (χ1n) is 12.2. The Morgan fingerprint density at radius 1 is 1.00 bits per heavy atom. The molecule has 0 spiro atoms. The van der Waals surface area contributed by atoms with Crippen molar-refractivity contribution in [2.75, 3.05) is 18.0 Å². The number of hydrogen-bond acceptors (Lipinski definition) is 4. The molecule has 3 aliphatic rings. The maximum atomic E-state index is 13.3. The van der Waals surface area contributed by atoms with E-state index in [0.29, 0.717) is 30.3 Å². The van der Waals surface area contributed by atoms with Crippen molar-refractivity contribution in [2.24, 2.45) is 5.92 Å². The minimum Gasteiger partial charge on any atom is -0.328 e. The van der Waals surface area contributed by atoms with Crippen LogP contribution in [0.15, 0.2) is 30.3 Å². The topological polar surface area (TPSA) is 66.4 Å². The summed E-state index contributed by atoms with van der Waals surface area (Å²) in [6.07, 6.45) is 9.49. The van der Waals surface area contributed by atoms with Crippen molar-refractivity contribution in [3.63, 3.8) is 0 Å². The van der Waals surface area contributed by atoms with Gasteiger partial charge in [0.1, 0.15) is 5.82 Å². The molecule has 2 fully saturated rings. The molecule has 2 aliphatic heterocycles. The normalized spacial score (nSPS) is 21.7. The average molecular weight is 433 g/mol. The highest BCUT2D eigenvalue weighted by Crippen LogP contribution is 2.36. The Morgan fingerprint density at radius 3 is 2.53 bits per heavy atom. The lowest BCUT2D eigenvalue weighted by Gasteiger charge is -2.35. The quantitative estimate of drug-likeness (QED) is 0.707. The maximum Gasteiger partial charge on any atom is 0.254 e. The standard InChI is InChI=1S/C26H32N4O2/c1-18-21-16-23(31)30(17-19-10-4-2-5-11-19)25(21)28-24(27-18)22-14-8-9-15-29(22)26(32)20-12-6-3-7-13-20/h3,6-7,12-13,19,22H,2,4-5,8-11,14-17H2,1H3/t22-/m1/s1. The zero-order valence-corrected chi connectivity index (χ0v) is 18.9. The monoisotopic (exact) mass is 432 g/mol. The molecule has 6 heteroatoms. The van der Waals surface area contributed by atoms with Crippen LogP contribution in [-0.4, -0.2) is 39.8 Å². The van der Waals surface area contributed by atoms with Gasteiger partial charge >= 0.3 is 0 Å². The van der Waals surface area contributed by atoms with Crippen LogP contribution in [0.1, 0.15) is 84.8 Å². The number of likely N-dealkylation sites (tertiary alicyclic amines) is 1. The highest BCUT2D eigenvalue weighted by molar-refractivity contribution is 6.00. The molecule has 0 N–H and O–H groups in total. The van der Waals surface area contributed by atoms with Crippen molar-refractivity contribution in [3.8, 4) is 0 Å². The lowest BCUT2D eigenvalue weighted by atomic mass is 9.89. The van der Waals surface area contributed by atoms with Gasteiger partial charge in [-0.3, -0.25) is 14.5 Å². The van der Waals surface area contributed by atoms with E-state index in [2.05, 4.69) is 0 Å². The van der Waals surface area contributed by atoms with Crippen molar-refractivity contribution in [1.82, 2.24) is 14.9 Å². The Kier molecular flexibility index (Phi) is 5.94. The van der Waals surface area contributed by atoms with Gasteiger partial charge in [0.2, 0.25) is 5.91 Å². The van der Waals surface area contributed by atoms with Crippen LogP contribution in [0.2, 0.25) is 0 Å². The number of aryl methyl sites for hydroxylation is 1. The Morgan fingerprint density at radius 2 is 1.75 bits per heavy atom. The number of piperidine rings is 1. The lowest BCUT2D eigenvalue weighted by molar-refractivity contribution is -0.117. The zero-order chi connectivity index (χ0) is 22.1. The van der Waals surface area contributed by atoms with Gasteiger partial charge in [-0.25, -0.2) is 9.97 Å². The van der Waals surface area contributed by atoms with Crippen LogP contribution in [-0.2, 0) is 11.2 Å². The van der Waals surface area contributed by atoms with Crippen LogP contribution in [0.25, 0.3) is 0 Å². The second kappa shape index (κ2) is 9.00. The summed E-state index contributed by atoms with van der Waals surface area (Å²) in [5.74, 6) is 2.21. The van der Waals surface area contributed by atoms with Crippen LogP contribution < -0.4 is 4.90 Å². The van der Waals surface area contributed by atoms with Crippen molar-refractivity contribution in [1.29, 1.82) is 0 Å². The summed E-state index contributed by atoms with van der Waals surface area (Å²) in [5.41, 5.74) is 2.54. The van der Waals surface area contributed by atoms with E-state index < -0.39 is 0 Å². The largest absolute Gasteiger partial charge is 0.328 e. The first kappa shape index (κ1) is 21.1. The number of benzene rings is 1. The van der Waals surface area contributed by atoms with Crippen LogP contribution in [0.3, 0.4) is 0 Å². The smallest absolute Gasteiger partial charge is 0.254 e. The molecular formula is C26H32N4O2. The third-order valence-electron chi connectivity index (χ3n) is 7.34.